The molecule has 6 heteroatoms. The smallest absolute Gasteiger partial charge is 0.273 e. The Morgan fingerprint density at radius 2 is 1.74 bits per heavy atom. The summed E-state index contributed by atoms with van der Waals surface area (Å²) in [5.74, 6) is 1.79. The van der Waals surface area contributed by atoms with E-state index in [2.05, 4.69) is 4.90 Å². The van der Waals surface area contributed by atoms with E-state index in [1.165, 1.54) is 13.2 Å². The second-order valence-corrected chi connectivity index (χ2v) is 6.97. The molecule has 0 aromatic heterocycles. The highest BCUT2D eigenvalue weighted by Crippen LogP contribution is 2.37. The Hall–Kier alpha value is -2.60. The van der Waals surface area contributed by atoms with Gasteiger partial charge in [-0.15, -0.1) is 0 Å². The maximum atomic E-state index is 14.8. The van der Waals surface area contributed by atoms with Crippen molar-refractivity contribution in [2.24, 2.45) is 0 Å². The average molecular weight is 371 g/mol. The van der Waals surface area contributed by atoms with Crippen LogP contribution in [0.4, 0.5) is 10.1 Å². The molecule has 0 spiro atoms. The van der Waals surface area contributed by atoms with Gasteiger partial charge in [-0.2, -0.15) is 0 Å². The average Bonchev–Trinajstić information content (AvgIpc) is 3.02. The number of amidine groups is 1. The summed E-state index contributed by atoms with van der Waals surface area (Å²) in [7, 11) is 3.13. The molecule has 2 aliphatic rings. The zero-order chi connectivity index (χ0) is 19.0. The van der Waals surface area contributed by atoms with Crippen molar-refractivity contribution in [2.45, 2.75) is 25.0 Å². The van der Waals surface area contributed by atoms with Crippen LogP contribution < -0.4 is 14.4 Å². The minimum absolute atomic E-state index is 0.276. The Morgan fingerprint density at radius 1 is 1.04 bits per heavy atom. The molecular weight excluding hydrogens is 347 g/mol. The molecular formula is C21H24FN2O3+. The summed E-state index contributed by atoms with van der Waals surface area (Å²) in [6.07, 6.45) is 2.88. The van der Waals surface area contributed by atoms with Crippen LogP contribution in [-0.4, -0.2) is 42.8 Å². The second-order valence-electron chi connectivity index (χ2n) is 6.97. The molecule has 2 aromatic rings. The summed E-state index contributed by atoms with van der Waals surface area (Å²) in [6.45, 7) is 0.974. The maximum Gasteiger partial charge on any atom is 0.273 e. The van der Waals surface area contributed by atoms with Crippen molar-refractivity contribution in [1.29, 1.82) is 0 Å². The van der Waals surface area contributed by atoms with Crippen LogP contribution in [0, 0.1) is 5.82 Å². The van der Waals surface area contributed by atoms with E-state index < -0.39 is 11.5 Å². The van der Waals surface area contributed by atoms with Crippen molar-refractivity contribution in [3.8, 4) is 11.5 Å². The minimum Gasteiger partial charge on any atom is -0.497 e. The number of hydrogen-bond donors (Lipinski definition) is 1. The third kappa shape index (κ3) is 2.94. The van der Waals surface area contributed by atoms with E-state index in [9.17, 15) is 9.50 Å². The first-order valence-corrected chi connectivity index (χ1v) is 9.18. The van der Waals surface area contributed by atoms with Crippen LogP contribution in [0.2, 0.25) is 0 Å². The van der Waals surface area contributed by atoms with Gasteiger partial charge in [0.25, 0.3) is 11.6 Å². The lowest BCUT2D eigenvalue weighted by molar-refractivity contribution is -0.661. The molecule has 142 valence electrons. The standard InChI is InChI=1S/C21H24FN2O3/c1-26-16-8-6-15(7-9-16)23-14-21(25,24-12-4-3-5-20(23)24)18-11-10-17(27-2)13-19(18)22/h6-11,13,25H,3-5,12,14H2,1-2H3/q+1/t21-/m0/s1. The van der Waals surface area contributed by atoms with Gasteiger partial charge in [0.15, 0.2) is 6.54 Å². The van der Waals surface area contributed by atoms with Crippen LogP contribution in [0.3, 0.4) is 0 Å². The van der Waals surface area contributed by atoms with E-state index in [1.54, 1.807) is 19.2 Å². The number of rotatable bonds is 4. The predicted molar refractivity (Wildman–Crippen MR) is 101 cm³/mol. The number of β-amino-alcohol motifs (C(OH)–C–C–N with tert-alkyl or cyclic N) is 1. The molecule has 0 bridgehead atoms. The van der Waals surface area contributed by atoms with Crippen molar-refractivity contribution in [2.75, 3.05) is 32.2 Å². The highest BCUT2D eigenvalue weighted by atomic mass is 19.1. The molecule has 27 heavy (non-hydrogen) atoms. The maximum absolute atomic E-state index is 14.8. The summed E-state index contributed by atoms with van der Waals surface area (Å²) in [6, 6.07) is 12.4. The number of benzene rings is 2. The van der Waals surface area contributed by atoms with Gasteiger partial charge in [-0.05, 0) is 49.2 Å². The lowest BCUT2D eigenvalue weighted by atomic mass is 10.0. The number of ether oxygens (including phenoxy) is 2. The van der Waals surface area contributed by atoms with E-state index in [0.29, 0.717) is 12.3 Å². The number of anilines is 1. The lowest BCUT2D eigenvalue weighted by Gasteiger charge is -2.25. The van der Waals surface area contributed by atoms with E-state index >= 15 is 0 Å². The molecule has 0 unspecified atom stereocenters. The quantitative estimate of drug-likeness (QED) is 0.839. The van der Waals surface area contributed by atoms with Crippen LogP contribution in [0.1, 0.15) is 24.8 Å². The molecule has 0 aliphatic carbocycles. The summed E-state index contributed by atoms with van der Waals surface area (Å²) in [4.78, 5) is 2.09. The molecule has 2 aliphatic heterocycles. The van der Waals surface area contributed by atoms with Crippen molar-refractivity contribution in [3.63, 3.8) is 0 Å². The van der Waals surface area contributed by atoms with Crippen molar-refractivity contribution >= 4 is 11.5 Å². The van der Waals surface area contributed by atoms with Gasteiger partial charge in [0.1, 0.15) is 23.0 Å². The summed E-state index contributed by atoms with van der Waals surface area (Å²) in [5, 5.41) is 11.6. The molecule has 1 N–H and O–H groups in total. The molecule has 2 heterocycles. The van der Waals surface area contributed by atoms with Gasteiger partial charge in [0.05, 0.1) is 26.3 Å². The zero-order valence-electron chi connectivity index (χ0n) is 15.6. The molecule has 0 radical (unpaired) electrons. The van der Waals surface area contributed by atoms with Crippen molar-refractivity contribution < 1.29 is 23.5 Å². The van der Waals surface area contributed by atoms with E-state index in [1.807, 2.05) is 28.8 Å². The number of hydrogen-bond acceptors (Lipinski definition) is 4. The normalized spacial score (nSPS) is 22.0. The first-order chi connectivity index (χ1) is 13.1. The highest BCUT2D eigenvalue weighted by molar-refractivity contribution is 5.96. The van der Waals surface area contributed by atoms with Crippen LogP contribution in [0.15, 0.2) is 42.5 Å². The molecule has 0 saturated heterocycles. The molecule has 1 atom stereocenters. The molecule has 0 saturated carbocycles. The van der Waals surface area contributed by atoms with Gasteiger partial charge >= 0.3 is 0 Å². The predicted octanol–water partition coefficient (Wildman–Crippen LogP) is 3.10. The van der Waals surface area contributed by atoms with Gasteiger partial charge in [0.2, 0.25) is 0 Å². The van der Waals surface area contributed by atoms with Crippen LogP contribution in [0.5, 0.6) is 11.5 Å². The lowest BCUT2D eigenvalue weighted by Crippen LogP contribution is -2.42. The molecule has 0 fully saturated rings. The van der Waals surface area contributed by atoms with Crippen LogP contribution in [-0.2, 0) is 5.72 Å². The number of halogens is 1. The number of methoxy groups -OCH3 is 2. The second kappa shape index (κ2) is 6.85. The van der Waals surface area contributed by atoms with E-state index in [0.717, 1.165) is 36.5 Å². The molecule has 5 nitrogen and oxygen atoms in total. The van der Waals surface area contributed by atoms with Crippen molar-refractivity contribution in [3.05, 3.63) is 53.8 Å². The minimum atomic E-state index is -1.41. The monoisotopic (exact) mass is 371 g/mol. The molecule has 0 amide bonds. The Kier molecular flexibility index (Phi) is 4.52. The fourth-order valence-electron chi connectivity index (χ4n) is 4.07. The zero-order valence-corrected chi connectivity index (χ0v) is 15.6. The van der Waals surface area contributed by atoms with E-state index in [4.69, 9.17) is 9.47 Å². The fraction of sp³-hybridized carbons (Fsp3) is 0.381. The third-order valence-corrected chi connectivity index (χ3v) is 5.47. The Balaban J connectivity index is 1.77. The van der Waals surface area contributed by atoms with Crippen molar-refractivity contribution in [1.82, 2.24) is 0 Å². The Morgan fingerprint density at radius 3 is 2.41 bits per heavy atom. The Bertz CT molecular complexity index is 881. The van der Waals surface area contributed by atoms with Gasteiger partial charge in [-0.25, -0.2) is 13.9 Å². The summed E-state index contributed by atoms with van der Waals surface area (Å²) in [5.41, 5.74) is -0.173. The van der Waals surface area contributed by atoms with Crippen LogP contribution >= 0.6 is 0 Å². The fourth-order valence-corrected chi connectivity index (χ4v) is 4.07. The summed E-state index contributed by atoms with van der Waals surface area (Å²) >= 11 is 0. The first-order valence-electron chi connectivity index (χ1n) is 9.18. The van der Waals surface area contributed by atoms with Gasteiger partial charge < -0.3 is 14.6 Å². The SMILES string of the molecule is COc1ccc(N2C[C@](O)(c3ccc(OC)cc3F)[N+]3=C2CCCC3)cc1. The highest BCUT2D eigenvalue weighted by Gasteiger charge is 2.53. The van der Waals surface area contributed by atoms with E-state index in [-0.39, 0.29) is 12.1 Å². The Labute approximate surface area is 158 Å². The topological polar surface area (TPSA) is 44.9 Å². The van der Waals surface area contributed by atoms with Crippen LogP contribution in [0.25, 0.3) is 0 Å². The molecule has 4 rings (SSSR count). The molecule has 2 aromatic carbocycles. The first kappa shape index (κ1) is 17.8. The number of nitrogens with zero attached hydrogens (tertiary/aromatic N) is 2. The number of aliphatic hydroxyl groups is 1. The van der Waals surface area contributed by atoms with Gasteiger partial charge in [-0.1, -0.05) is 0 Å². The van der Waals surface area contributed by atoms with Gasteiger partial charge in [0, 0.05) is 12.5 Å². The summed E-state index contributed by atoms with van der Waals surface area (Å²) < 4.78 is 27.1. The largest absolute Gasteiger partial charge is 0.497 e. The third-order valence-electron chi connectivity index (χ3n) is 5.47. The van der Waals surface area contributed by atoms with Gasteiger partial charge in [-0.3, -0.25) is 0 Å².